The molecule has 1 heterocycles. The third-order valence-corrected chi connectivity index (χ3v) is 3.73. The number of imidazole rings is 1. The quantitative estimate of drug-likeness (QED) is 0.825. The van der Waals surface area contributed by atoms with Crippen LogP contribution in [0, 0.1) is 0 Å². The van der Waals surface area contributed by atoms with Crippen LogP contribution in [0.4, 0.5) is 0 Å². The summed E-state index contributed by atoms with van der Waals surface area (Å²) in [4.78, 5) is 21.8. The second-order valence-electron chi connectivity index (χ2n) is 5.38. The number of H-pyrrole nitrogens is 1. The summed E-state index contributed by atoms with van der Waals surface area (Å²) in [5.74, 6) is 0.717. The lowest BCUT2D eigenvalue weighted by atomic mass is 10.1. The Morgan fingerprint density at radius 1 is 1.36 bits per heavy atom. The maximum Gasteiger partial charge on any atom is 0.272 e. The molecule has 0 saturated heterocycles. The molecule has 1 aromatic carbocycles. The van der Waals surface area contributed by atoms with Gasteiger partial charge in [-0.15, -0.1) is 0 Å². The molecule has 2 N–H and O–H groups in total. The lowest BCUT2D eigenvalue weighted by Crippen LogP contribution is -2.38. The highest BCUT2D eigenvalue weighted by molar-refractivity contribution is 5.92. The molecule has 0 spiro atoms. The molecular weight excluding hydrogens is 278 g/mol. The first-order valence-electron chi connectivity index (χ1n) is 7.65. The molecule has 118 valence electrons. The van der Waals surface area contributed by atoms with Crippen LogP contribution in [-0.4, -0.2) is 38.5 Å². The van der Waals surface area contributed by atoms with Crippen molar-refractivity contribution >= 4 is 5.91 Å². The summed E-state index contributed by atoms with van der Waals surface area (Å²) in [7, 11) is 0. The minimum Gasteiger partial charge on any atom is -0.396 e. The predicted octanol–water partition coefficient (Wildman–Crippen LogP) is 2.39. The Labute approximate surface area is 131 Å². The van der Waals surface area contributed by atoms with E-state index in [1.54, 1.807) is 11.1 Å². The highest BCUT2D eigenvalue weighted by Crippen LogP contribution is 2.14. The number of carbonyl (C=O) groups excluding carboxylic acids is 1. The van der Waals surface area contributed by atoms with Gasteiger partial charge in [0, 0.05) is 25.6 Å². The Kier molecular flexibility index (Phi) is 5.72. The molecule has 0 saturated carbocycles. The Morgan fingerprint density at radius 3 is 2.68 bits per heavy atom. The smallest absolute Gasteiger partial charge is 0.272 e. The van der Waals surface area contributed by atoms with E-state index in [0.29, 0.717) is 18.7 Å². The van der Waals surface area contributed by atoms with E-state index in [1.807, 2.05) is 44.2 Å². The van der Waals surface area contributed by atoms with Crippen molar-refractivity contribution < 1.29 is 9.90 Å². The number of aromatic amines is 1. The van der Waals surface area contributed by atoms with Gasteiger partial charge in [0.2, 0.25) is 0 Å². The molecule has 0 fully saturated rings. The Bertz CT molecular complexity index is 595. The number of hydrogen-bond donors (Lipinski definition) is 2. The molecule has 2 aromatic rings. The average Bonchev–Trinajstić information content (AvgIpc) is 3.02. The van der Waals surface area contributed by atoms with Crippen molar-refractivity contribution in [2.75, 3.05) is 6.61 Å². The zero-order valence-electron chi connectivity index (χ0n) is 13.1. The normalized spacial score (nSPS) is 12.1. The van der Waals surface area contributed by atoms with Crippen molar-refractivity contribution in [1.29, 1.82) is 0 Å². The molecule has 0 bridgehead atoms. The van der Waals surface area contributed by atoms with Gasteiger partial charge in [-0.3, -0.25) is 4.79 Å². The fourth-order valence-electron chi connectivity index (χ4n) is 2.36. The summed E-state index contributed by atoms with van der Waals surface area (Å²) in [5, 5.41) is 9.19. The van der Waals surface area contributed by atoms with E-state index in [9.17, 15) is 9.90 Å². The molecule has 22 heavy (non-hydrogen) atoms. The molecule has 1 aromatic heterocycles. The van der Waals surface area contributed by atoms with Crippen LogP contribution in [0.3, 0.4) is 0 Å². The number of hydrogen-bond acceptors (Lipinski definition) is 3. The van der Waals surface area contributed by atoms with E-state index >= 15 is 0 Å². The van der Waals surface area contributed by atoms with Gasteiger partial charge in [-0.05, 0) is 18.9 Å². The molecule has 1 atom stereocenters. The van der Waals surface area contributed by atoms with Crippen molar-refractivity contribution in [1.82, 2.24) is 14.9 Å². The van der Waals surface area contributed by atoms with E-state index in [4.69, 9.17) is 0 Å². The monoisotopic (exact) mass is 301 g/mol. The van der Waals surface area contributed by atoms with Crippen LogP contribution in [0.5, 0.6) is 0 Å². The van der Waals surface area contributed by atoms with Gasteiger partial charge in [0.25, 0.3) is 5.91 Å². The van der Waals surface area contributed by atoms with E-state index in [-0.39, 0.29) is 18.6 Å². The molecule has 1 unspecified atom stereocenters. The third-order valence-electron chi connectivity index (χ3n) is 3.73. The summed E-state index contributed by atoms with van der Waals surface area (Å²) in [6.07, 6.45) is 2.90. The predicted molar refractivity (Wildman–Crippen MR) is 85.4 cm³/mol. The first-order chi connectivity index (χ1) is 10.7. The largest absolute Gasteiger partial charge is 0.396 e. The molecule has 0 aliphatic carbocycles. The first-order valence-corrected chi connectivity index (χ1v) is 7.65. The second-order valence-corrected chi connectivity index (χ2v) is 5.38. The van der Waals surface area contributed by atoms with Gasteiger partial charge < -0.3 is 15.0 Å². The Hall–Kier alpha value is -2.14. The van der Waals surface area contributed by atoms with Crippen molar-refractivity contribution in [3.63, 3.8) is 0 Å². The molecule has 0 radical (unpaired) electrons. The maximum atomic E-state index is 12.8. The topological polar surface area (TPSA) is 69.2 Å². The Morgan fingerprint density at radius 2 is 2.09 bits per heavy atom. The van der Waals surface area contributed by atoms with Crippen LogP contribution < -0.4 is 0 Å². The van der Waals surface area contributed by atoms with Gasteiger partial charge in [-0.2, -0.15) is 0 Å². The summed E-state index contributed by atoms with van der Waals surface area (Å²) in [6.45, 7) is 4.52. The summed E-state index contributed by atoms with van der Waals surface area (Å²) in [5.41, 5.74) is 1.56. The van der Waals surface area contributed by atoms with Crippen LogP contribution in [0.15, 0.2) is 36.5 Å². The number of aliphatic hydroxyl groups excluding tert-OH is 1. The SMILES string of the molecule is CCc1ncc(C(=O)N(Cc2ccccc2)C(C)CCO)[nH]1. The van der Waals surface area contributed by atoms with Crippen LogP contribution in [0.1, 0.15) is 42.1 Å². The summed E-state index contributed by atoms with van der Waals surface area (Å²) >= 11 is 0. The van der Waals surface area contributed by atoms with Crippen molar-refractivity contribution in [2.24, 2.45) is 0 Å². The minimum absolute atomic E-state index is 0.0499. The van der Waals surface area contributed by atoms with Crippen LogP contribution in [-0.2, 0) is 13.0 Å². The van der Waals surface area contributed by atoms with E-state index in [1.165, 1.54) is 0 Å². The zero-order valence-corrected chi connectivity index (χ0v) is 13.1. The number of aromatic nitrogens is 2. The van der Waals surface area contributed by atoms with E-state index in [2.05, 4.69) is 9.97 Å². The van der Waals surface area contributed by atoms with Crippen LogP contribution >= 0.6 is 0 Å². The number of aryl methyl sites for hydroxylation is 1. The number of carbonyl (C=O) groups is 1. The molecule has 0 aliphatic heterocycles. The molecule has 5 nitrogen and oxygen atoms in total. The molecule has 1 amide bonds. The lowest BCUT2D eigenvalue weighted by Gasteiger charge is -2.28. The highest BCUT2D eigenvalue weighted by atomic mass is 16.3. The second kappa shape index (κ2) is 7.75. The standard InChI is InChI=1S/C17H23N3O2/c1-3-16-18-11-15(19-16)17(22)20(13(2)9-10-21)12-14-7-5-4-6-8-14/h4-8,11,13,21H,3,9-10,12H2,1-2H3,(H,18,19). The van der Waals surface area contributed by atoms with Gasteiger partial charge in [0.1, 0.15) is 11.5 Å². The number of amides is 1. The molecule has 0 aliphatic rings. The van der Waals surface area contributed by atoms with Gasteiger partial charge in [0.05, 0.1) is 6.20 Å². The van der Waals surface area contributed by atoms with Crippen molar-refractivity contribution in [2.45, 2.75) is 39.3 Å². The third kappa shape index (κ3) is 3.95. The maximum absolute atomic E-state index is 12.8. The summed E-state index contributed by atoms with van der Waals surface area (Å²) in [6, 6.07) is 9.81. The molecule has 5 heteroatoms. The number of rotatable bonds is 7. The number of aliphatic hydroxyl groups is 1. The van der Waals surface area contributed by atoms with Gasteiger partial charge >= 0.3 is 0 Å². The van der Waals surface area contributed by atoms with E-state index in [0.717, 1.165) is 17.8 Å². The summed E-state index contributed by atoms with van der Waals surface area (Å²) < 4.78 is 0. The number of benzene rings is 1. The number of nitrogens with zero attached hydrogens (tertiary/aromatic N) is 2. The first kappa shape index (κ1) is 16.2. The van der Waals surface area contributed by atoms with Gasteiger partial charge in [0.15, 0.2) is 0 Å². The van der Waals surface area contributed by atoms with Gasteiger partial charge in [-0.25, -0.2) is 4.98 Å². The molecular formula is C17H23N3O2. The number of nitrogens with one attached hydrogen (secondary N) is 1. The average molecular weight is 301 g/mol. The zero-order chi connectivity index (χ0) is 15.9. The fourth-order valence-corrected chi connectivity index (χ4v) is 2.36. The van der Waals surface area contributed by atoms with Crippen LogP contribution in [0.25, 0.3) is 0 Å². The van der Waals surface area contributed by atoms with Gasteiger partial charge in [-0.1, -0.05) is 37.3 Å². The van der Waals surface area contributed by atoms with Crippen molar-refractivity contribution in [3.8, 4) is 0 Å². The minimum atomic E-state index is -0.0861. The highest BCUT2D eigenvalue weighted by Gasteiger charge is 2.23. The van der Waals surface area contributed by atoms with Crippen LogP contribution in [0.2, 0.25) is 0 Å². The van der Waals surface area contributed by atoms with E-state index < -0.39 is 0 Å². The van der Waals surface area contributed by atoms with Crippen molar-refractivity contribution in [3.05, 3.63) is 53.6 Å². The Balaban J connectivity index is 2.21. The fraction of sp³-hybridized carbons (Fsp3) is 0.412. The lowest BCUT2D eigenvalue weighted by molar-refractivity contribution is 0.0643. The molecule has 2 rings (SSSR count).